The Morgan fingerprint density at radius 2 is 2.07 bits per heavy atom. The normalized spacial score (nSPS) is 34.3. The van der Waals surface area contributed by atoms with Crippen LogP contribution in [0.25, 0.3) is 0 Å². The number of morpholine rings is 1. The van der Waals surface area contributed by atoms with Gasteiger partial charge in [0.05, 0.1) is 45.0 Å². The third-order valence-electron chi connectivity index (χ3n) is 7.80. The lowest BCUT2D eigenvalue weighted by Gasteiger charge is -2.47. The Morgan fingerprint density at radius 1 is 1.28 bits per heavy atom. The molecule has 5 aliphatic rings. The molecule has 1 aromatic rings. The van der Waals surface area contributed by atoms with E-state index in [-0.39, 0.29) is 5.92 Å². The molecule has 1 aliphatic carbocycles. The number of nitrogens with one attached hydrogen (secondary N) is 1. The van der Waals surface area contributed by atoms with E-state index >= 15 is 0 Å². The summed E-state index contributed by atoms with van der Waals surface area (Å²) in [5.41, 5.74) is -0.0474. The van der Waals surface area contributed by atoms with Crippen LogP contribution in [-0.4, -0.2) is 76.3 Å². The second-order valence-corrected chi connectivity index (χ2v) is 9.56. The lowest BCUT2D eigenvalue weighted by molar-refractivity contribution is -0.945. The monoisotopic (exact) mass is 404 g/mol. The van der Waals surface area contributed by atoms with Gasteiger partial charge in [-0.3, -0.25) is 4.79 Å². The van der Waals surface area contributed by atoms with Gasteiger partial charge in [-0.25, -0.2) is 4.68 Å². The molecule has 8 heteroatoms. The fraction of sp³-hybridized carbons (Fsp3) is 0.857. The number of carbonyl (C=O) groups is 1. The maximum absolute atomic E-state index is 13.0. The Bertz CT molecular complexity index is 726. The minimum atomic E-state index is -0.787. The third-order valence-corrected chi connectivity index (χ3v) is 7.80. The van der Waals surface area contributed by atoms with Gasteiger partial charge in [0.2, 0.25) is 5.91 Å². The molecular formula is C21H34N5O3+. The molecule has 5 heterocycles. The zero-order valence-corrected chi connectivity index (χ0v) is 17.3. The Hall–Kier alpha value is -1.51. The van der Waals surface area contributed by atoms with E-state index in [1.54, 1.807) is 0 Å². The lowest BCUT2D eigenvalue weighted by Crippen LogP contribution is -3.20. The van der Waals surface area contributed by atoms with Gasteiger partial charge in [-0.2, -0.15) is 0 Å². The predicted molar refractivity (Wildman–Crippen MR) is 105 cm³/mol. The highest BCUT2D eigenvalue weighted by molar-refractivity contribution is 5.79. The summed E-state index contributed by atoms with van der Waals surface area (Å²) < 4.78 is 7.33. The van der Waals surface area contributed by atoms with Crippen molar-refractivity contribution in [2.24, 2.45) is 11.8 Å². The highest BCUT2D eigenvalue weighted by atomic mass is 16.5. The van der Waals surface area contributed by atoms with Gasteiger partial charge in [-0.15, -0.1) is 5.10 Å². The molecule has 1 saturated carbocycles. The van der Waals surface area contributed by atoms with Crippen LogP contribution in [0.4, 0.5) is 0 Å². The number of hydrogen-bond donors (Lipinski definition) is 2. The Balaban J connectivity index is 1.21. The molecule has 1 aromatic heterocycles. The van der Waals surface area contributed by atoms with Crippen molar-refractivity contribution in [3.8, 4) is 0 Å². The fourth-order valence-corrected chi connectivity index (χ4v) is 6.04. The summed E-state index contributed by atoms with van der Waals surface area (Å²) >= 11 is 0. The van der Waals surface area contributed by atoms with Gasteiger partial charge in [0.1, 0.15) is 17.3 Å². The van der Waals surface area contributed by atoms with Gasteiger partial charge in [0, 0.05) is 25.9 Å². The minimum Gasteiger partial charge on any atom is -0.383 e. The van der Waals surface area contributed by atoms with Gasteiger partial charge in [0.25, 0.3) is 0 Å². The van der Waals surface area contributed by atoms with E-state index in [2.05, 4.69) is 10.3 Å². The highest BCUT2D eigenvalue weighted by Crippen LogP contribution is 2.36. The average Bonchev–Trinajstić information content (AvgIpc) is 3.24. The average molecular weight is 405 g/mol. The van der Waals surface area contributed by atoms with Gasteiger partial charge < -0.3 is 19.6 Å². The van der Waals surface area contributed by atoms with E-state index in [1.807, 2.05) is 15.8 Å². The molecule has 2 N–H and O–H groups in total. The number of carbonyl (C=O) groups excluding carboxylic acids is 1. The van der Waals surface area contributed by atoms with E-state index in [0.29, 0.717) is 31.1 Å². The summed E-state index contributed by atoms with van der Waals surface area (Å²) in [5, 5.41) is 19.6. The number of ether oxygens (including phenoxy) is 1. The van der Waals surface area contributed by atoms with Crippen molar-refractivity contribution in [2.75, 3.05) is 39.4 Å². The Labute approximate surface area is 172 Å². The summed E-state index contributed by atoms with van der Waals surface area (Å²) in [5.74, 6) is 0.997. The number of amides is 1. The van der Waals surface area contributed by atoms with Crippen LogP contribution in [0.3, 0.4) is 0 Å². The first-order chi connectivity index (χ1) is 14.1. The van der Waals surface area contributed by atoms with Gasteiger partial charge in [-0.1, -0.05) is 24.5 Å². The zero-order chi connectivity index (χ0) is 19.8. The molecule has 0 radical (unpaired) electrons. The first-order valence-electron chi connectivity index (χ1n) is 11.5. The van der Waals surface area contributed by atoms with E-state index in [1.165, 1.54) is 11.3 Å². The summed E-state index contributed by atoms with van der Waals surface area (Å²) in [4.78, 5) is 16.6. The minimum absolute atomic E-state index is 0.169. The largest absolute Gasteiger partial charge is 0.383 e. The zero-order valence-electron chi connectivity index (χ0n) is 17.3. The second kappa shape index (κ2) is 7.96. The van der Waals surface area contributed by atoms with Crippen LogP contribution in [-0.2, 0) is 21.7 Å². The molecule has 5 fully saturated rings. The first-order valence-corrected chi connectivity index (χ1v) is 11.5. The number of quaternary nitrogens is 1. The van der Waals surface area contributed by atoms with Crippen LogP contribution in [0.15, 0.2) is 6.20 Å². The van der Waals surface area contributed by atoms with E-state index in [0.717, 1.165) is 76.9 Å². The lowest BCUT2D eigenvalue weighted by atomic mass is 9.75. The molecule has 0 spiro atoms. The van der Waals surface area contributed by atoms with E-state index in [4.69, 9.17) is 4.74 Å². The molecule has 4 saturated heterocycles. The molecule has 6 rings (SSSR count). The smallest absolute Gasteiger partial charge is 0.231 e. The summed E-state index contributed by atoms with van der Waals surface area (Å²) in [6.45, 7) is 5.74. The highest BCUT2D eigenvalue weighted by Gasteiger charge is 2.48. The number of hydrogen-bond acceptors (Lipinski definition) is 5. The molecule has 1 unspecified atom stereocenters. The van der Waals surface area contributed by atoms with Crippen molar-refractivity contribution in [1.82, 2.24) is 19.9 Å². The molecule has 2 bridgehead atoms. The SMILES string of the molecule is O=C([C@H]1C[NH+]2CC[C@H]1C[C@@H]2Cn1cc(C2(O)CCCCC2)nn1)N1CCOCC1. The molecule has 1 amide bonds. The number of aliphatic hydroxyl groups is 1. The van der Waals surface area contributed by atoms with Crippen molar-refractivity contribution >= 4 is 5.91 Å². The van der Waals surface area contributed by atoms with Crippen molar-refractivity contribution in [1.29, 1.82) is 0 Å². The molecule has 4 atom stereocenters. The molecule has 4 aliphatic heterocycles. The van der Waals surface area contributed by atoms with Gasteiger partial charge >= 0.3 is 0 Å². The molecule has 160 valence electrons. The van der Waals surface area contributed by atoms with E-state index in [9.17, 15) is 9.90 Å². The number of nitrogens with zero attached hydrogens (tertiary/aromatic N) is 4. The van der Waals surface area contributed by atoms with Crippen molar-refractivity contribution in [3.05, 3.63) is 11.9 Å². The van der Waals surface area contributed by atoms with E-state index < -0.39 is 5.60 Å². The summed E-state index contributed by atoms with van der Waals surface area (Å²) in [6.07, 6.45) is 9.09. The third kappa shape index (κ3) is 3.82. The van der Waals surface area contributed by atoms with Crippen molar-refractivity contribution < 1.29 is 19.5 Å². The summed E-state index contributed by atoms with van der Waals surface area (Å²) in [7, 11) is 0. The van der Waals surface area contributed by atoms with Crippen LogP contribution in [0.1, 0.15) is 50.6 Å². The topological polar surface area (TPSA) is 84.9 Å². The quantitative estimate of drug-likeness (QED) is 0.712. The maximum atomic E-state index is 13.0. The first kappa shape index (κ1) is 19.5. The molecule has 29 heavy (non-hydrogen) atoms. The van der Waals surface area contributed by atoms with Gasteiger partial charge in [-0.05, 0) is 18.8 Å². The van der Waals surface area contributed by atoms with Crippen LogP contribution in [0.2, 0.25) is 0 Å². The standard InChI is InChI=1S/C21H33N5O3/c27-20(24-8-10-29-11-9-24)18-14-25-7-4-16(18)12-17(25)13-26-15-19(22-23-26)21(28)5-2-1-3-6-21/h15-18,28H,1-14H2/p+1/t16-,17+,18-/m0/s1. The Kier molecular flexibility index (Phi) is 5.34. The molecule has 8 nitrogen and oxygen atoms in total. The fourth-order valence-electron chi connectivity index (χ4n) is 6.04. The maximum Gasteiger partial charge on any atom is 0.231 e. The number of aromatic nitrogens is 3. The van der Waals surface area contributed by atoms with Crippen LogP contribution >= 0.6 is 0 Å². The second-order valence-electron chi connectivity index (χ2n) is 9.56. The number of fused-ring (bicyclic) bond motifs is 3. The summed E-state index contributed by atoms with van der Waals surface area (Å²) in [6, 6.07) is 0.484. The molecule has 0 aromatic carbocycles. The predicted octanol–water partition coefficient (Wildman–Crippen LogP) is -0.418. The Morgan fingerprint density at radius 3 is 2.79 bits per heavy atom. The molecular weight excluding hydrogens is 370 g/mol. The van der Waals surface area contributed by atoms with Crippen LogP contribution < -0.4 is 4.90 Å². The van der Waals surface area contributed by atoms with Crippen molar-refractivity contribution in [3.63, 3.8) is 0 Å². The van der Waals surface area contributed by atoms with Gasteiger partial charge in [0.15, 0.2) is 0 Å². The van der Waals surface area contributed by atoms with Crippen LogP contribution in [0, 0.1) is 11.8 Å². The van der Waals surface area contributed by atoms with Crippen molar-refractivity contribution in [2.45, 2.75) is 63.1 Å². The van der Waals surface area contributed by atoms with Crippen LogP contribution in [0.5, 0.6) is 0 Å². The number of rotatable bonds is 4. The number of piperidine rings is 3.